The van der Waals surface area contributed by atoms with E-state index in [2.05, 4.69) is 14.8 Å². The zero-order chi connectivity index (χ0) is 18.1. The number of hydrogen-bond donors (Lipinski definition) is 0. The topological polar surface area (TPSA) is 56.8 Å². The highest BCUT2D eigenvalue weighted by Gasteiger charge is 2.43. The first-order valence-electron chi connectivity index (χ1n) is 8.97. The summed E-state index contributed by atoms with van der Waals surface area (Å²) in [6.07, 6.45) is 2.05. The van der Waals surface area contributed by atoms with Gasteiger partial charge < -0.3 is 4.90 Å². The molecule has 0 bridgehead atoms. The Kier molecular flexibility index (Phi) is 4.42. The molecular weight excluding hydrogens is 328 g/mol. The highest BCUT2D eigenvalue weighted by molar-refractivity contribution is 6.22. The quantitative estimate of drug-likeness (QED) is 0.791. The maximum Gasteiger partial charge on any atom is 0.251 e. The van der Waals surface area contributed by atoms with Crippen LogP contribution in [0.5, 0.6) is 0 Å². The third-order valence-electron chi connectivity index (χ3n) is 5.11. The van der Waals surface area contributed by atoms with Gasteiger partial charge in [-0.3, -0.25) is 14.5 Å². The van der Waals surface area contributed by atoms with Gasteiger partial charge in [0.1, 0.15) is 5.82 Å². The van der Waals surface area contributed by atoms with Gasteiger partial charge in [-0.15, -0.1) is 0 Å². The Balaban J connectivity index is 1.45. The molecule has 0 aliphatic carbocycles. The van der Waals surface area contributed by atoms with Crippen molar-refractivity contribution in [2.24, 2.45) is 0 Å². The number of pyridine rings is 1. The molecule has 0 spiro atoms. The van der Waals surface area contributed by atoms with Crippen LogP contribution >= 0.6 is 0 Å². The SMILES string of the molecule is Cc1cccc(N2C(=O)C[C@H](N3CCN(c4ccccn4)CC3)C2=O)c1. The molecule has 6 nitrogen and oxygen atoms in total. The fourth-order valence-corrected chi connectivity index (χ4v) is 3.74. The van der Waals surface area contributed by atoms with E-state index in [-0.39, 0.29) is 24.3 Å². The van der Waals surface area contributed by atoms with Crippen LogP contribution in [-0.2, 0) is 9.59 Å². The summed E-state index contributed by atoms with van der Waals surface area (Å²) in [5.74, 6) is 0.743. The largest absolute Gasteiger partial charge is 0.354 e. The van der Waals surface area contributed by atoms with E-state index in [1.807, 2.05) is 49.4 Å². The maximum atomic E-state index is 12.9. The predicted molar refractivity (Wildman–Crippen MR) is 100 cm³/mol. The number of rotatable bonds is 3. The van der Waals surface area contributed by atoms with Crippen molar-refractivity contribution >= 4 is 23.3 Å². The molecule has 6 heteroatoms. The van der Waals surface area contributed by atoms with Crippen molar-refractivity contribution in [2.45, 2.75) is 19.4 Å². The molecule has 0 radical (unpaired) electrons. The second-order valence-corrected chi connectivity index (χ2v) is 6.84. The summed E-state index contributed by atoms with van der Waals surface area (Å²) in [4.78, 5) is 35.5. The molecule has 0 N–H and O–H groups in total. The lowest BCUT2D eigenvalue weighted by Gasteiger charge is -2.37. The van der Waals surface area contributed by atoms with Gasteiger partial charge in [0, 0.05) is 32.4 Å². The lowest BCUT2D eigenvalue weighted by molar-refractivity contribution is -0.123. The number of aromatic nitrogens is 1. The average Bonchev–Trinajstić information content (AvgIpc) is 2.97. The second kappa shape index (κ2) is 6.88. The standard InChI is InChI=1S/C20H22N4O2/c1-15-5-4-6-16(13-15)24-19(25)14-17(20(24)26)22-9-11-23(12-10-22)18-7-2-3-8-21-18/h2-8,13,17H,9-12,14H2,1H3/t17-/m0/s1. The fourth-order valence-electron chi connectivity index (χ4n) is 3.74. The van der Waals surface area contributed by atoms with Crippen molar-refractivity contribution in [1.29, 1.82) is 0 Å². The molecule has 3 heterocycles. The van der Waals surface area contributed by atoms with Gasteiger partial charge in [0.2, 0.25) is 5.91 Å². The number of aryl methyl sites for hydroxylation is 1. The number of nitrogens with zero attached hydrogens (tertiary/aromatic N) is 4. The molecule has 26 heavy (non-hydrogen) atoms. The van der Waals surface area contributed by atoms with Gasteiger partial charge in [-0.2, -0.15) is 0 Å². The van der Waals surface area contributed by atoms with Gasteiger partial charge >= 0.3 is 0 Å². The number of benzene rings is 1. The van der Waals surface area contributed by atoms with Crippen LogP contribution in [0.2, 0.25) is 0 Å². The molecule has 2 aliphatic heterocycles. The van der Waals surface area contributed by atoms with Gasteiger partial charge in [0.05, 0.1) is 18.2 Å². The smallest absolute Gasteiger partial charge is 0.251 e. The summed E-state index contributed by atoms with van der Waals surface area (Å²) in [5.41, 5.74) is 1.71. The van der Waals surface area contributed by atoms with E-state index in [1.54, 1.807) is 6.20 Å². The van der Waals surface area contributed by atoms with Crippen molar-refractivity contribution < 1.29 is 9.59 Å². The molecule has 2 saturated heterocycles. The fraction of sp³-hybridized carbons (Fsp3) is 0.350. The van der Waals surface area contributed by atoms with Crippen molar-refractivity contribution in [1.82, 2.24) is 9.88 Å². The van der Waals surface area contributed by atoms with Gasteiger partial charge in [-0.05, 0) is 36.8 Å². The number of anilines is 2. The highest BCUT2D eigenvalue weighted by atomic mass is 16.2. The van der Waals surface area contributed by atoms with Crippen molar-refractivity contribution in [3.8, 4) is 0 Å². The second-order valence-electron chi connectivity index (χ2n) is 6.84. The first-order chi connectivity index (χ1) is 12.6. The van der Waals surface area contributed by atoms with Crippen LogP contribution in [-0.4, -0.2) is 53.9 Å². The zero-order valence-corrected chi connectivity index (χ0v) is 14.8. The summed E-state index contributed by atoms with van der Waals surface area (Å²) >= 11 is 0. The van der Waals surface area contributed by atoms with Gasteiger partial charge in [-0.25, -0.2) is 9.88 Å². The molecule has 134 valence electrons. The average molecular weight is 350 g/mol. The molecule has 0 saturated carbocycles. The van der Waals surface area contributed by atoms with Crippen molar-refractivity contribution in [3.05, 3.63) is 54.2 Å². The van der Waals surface area contributed by atoms with E-state index >= 15 is 0 Å². The maximum absolute atomic E-state index is 12.9. The Labute approximate surface area is 153 Å². The van der Waals surface area contributed by atoms with Gasteiger partial charge in [0.15, 0.2) is 0 Å². The van der Waals surface area contributed by atoms with Gasteiger partial charge in [0.25, 0.3) is 5.91 Å². The minimum Gasteiger partial charge on any atom is -0.354 e. The number of piperazine rings is 1. The molecule has 1 aromatic heterocycles. The third kappa shape index (κ3) is 3.08. The van der Waals surface area contributed by atoms with Gasteiger partial charge in [-0.1, -0.05) is 18.2 Å². The molecule has 2 amide bonds. The van der Waals surface area contributed by atoms with Crippen LogP contribution in [0.1, 0.15) is 12.0 Å². The van der Waals surface area contributed by atoms with Crippen LogP contribution in [0, 0.1) is 6.92 Å². The first kappa shape index (κ1) is 16.7. The molecule has 0 unspecified atom stereocenters. The number of imide groups is 1. The number of hydrogen-bond acceptors (Lipinski definition) is 5. The Hall–Kier alpha value is -2.73. The van der Waals surface area contributed by atoms with Crippen LogP contribution in [0.25, 0.3) is 0 Å². The van der Waals surface area contributed by atoms with E-state index in [0.717, 1.165) is 37.6 Å². The molecule has 4 rings (SSSR count). The number of carbonyl (C=O) groups excluding carboxylic acids is 2. The molecular formula is C20H22N4O2. The Morgan fingerprint density at radius 3 is 2.50 bits per heavy atom. The predicted octanol–water partition coefficient (Wildman–Crippen LogP) is 1.84. The van der Waals surface area contributed by atoms with Crippen LogP contribution in [0.3, 0.4) is 0 Å². The highest BCUT2D eigenvalue weighted by Crippen LogP contribution is 2.27. The van der Waals surface area contributed by atoms with E-state index in [0.29, 0.717) is 5.69 Å². The van der Waals surface area contributed by atoms with Crippen molar-refractivity contribution in [3.63, 3.8) is 0 Å². The number of carbonyl (C=O) groups is 2. The Bertz CT molecular complexity index is 816. The molecule has 1 aromatic carbocycles. The molecule has 2 fully saturated rings. The third-order valence-corrected chi connectivity index (χ3v) is 5.11. The van der Waals surface area contributed by atoms with Crippen LogP contribution in [0.15, 0.2) is 48.7 Å². The zero-order valence-electron chi connectivity index (χ0n) is 14.8. The van der Waals surface area contributed by atoms with E-state index in [1.165, 1.54) is 4.90 Å². The normalized spacial score (nSPS) is 21.5. The first-order valence-corrected chi connectivity index (χ1v) is 8.97. The Morgan fingerprint density at radius 1 is 1.00 bits per heavy atom. The minimum atomic E-state index is -0.353. The monoisotopic (exact) mass is 350 g/mol. The minimum absolute atomic E-state index is 0.105. The summed E-state index contributed by atoms with van der Waals surface area (Å²) in [7, 11) is 0. The lowest BCUT2D eigenvalue weighted by atomic mass is 10.1. The van der Waals surface area contributed by atoms with Crippen LogP contribution < -0.4 is 9.80 Å². The lowest BCUT2D eigenvalue weighted by Crippen LogP contribution is -2.52. The van der Waals surface area contributed by atoms with E-state index in [9.17, 15) is 9.59 Å². The molecule has 2 aliphatic rings. The number of amides is 2. The summed E-state index contributed by atoms with van der Waals surface area (Å²) in [6, 6.07) is 13.1. The summed E-state index contributed by atoms with van der Waals surface area (Å²) in [5, 5.41) is 0. The summed E-state index contributed by atoms with van der Waals surface area (Å²) in [6.45, 7) is 5.07. The molecule has 1 atom stereocenters. The van der Waals surface area contributed by atoms with E-state index < -0.39 is 0 Å². The van der Waals surface area contributed by atoms with Crippen molar-refractivity contribution in [2.75, 3.05) is 36.0 Å². The van der Waals surface area contributed by atoms with Crippen LogP contribution in [0.4, 0.5) is 11.5 Å². The summed E-state index contributed by atoms with van der Waals surface area (Å²) < 4.78 is 0. The molecule has 2 aromatic rings. The Morgan fingerprint density at radius 2 is 1.81 bits per heavy atom. The van der Waals surface area contributed by atoms with E-state index in [4.69, 9.17) is 0 Å².